The van der Waals surface area contributed by atoms with Gasteiger partial charge in [-0.2, -0.15) is 0 Å². The lowest BCUT2D eigenvalue weighted by molar-refractivity contribution is 0.409. The molecule has 2 nitrogen and oxygen atoms in total. The monoisotopic (exact) mass is 397 g/mol. The number of hydrogen-bond acceptors (Lipinski definition) is 2. The number of methoxy groups -OCH3 is 1. The molecule has 0 amide bonds. The number of benzene rings is 2. The Morgan fingerprint density at radius 2 is 1.70 bits per heavy atom. The van der Waals surface area contributed by atoms with Crippen LogP contribution in [-0.2, 0) is 6.54 Å². The van der Waals surface area contributed by atoms with Gasteiger partial charge in [0, 0.05) is 12.6 Å². The minimum atomic E-state index is 0.316. The number of nitrogens with one attached hydrogen (secondary N) is 1. The predicted octanol–water partition coefficient (Wildman–Crippen LogP) is 5.07. The third-order valence-electron chi connectivity index (χ3n) is 3.17. The van der Waals surface area contributed by atoms with E-state index in [-0.39, 0.29) is 0 Å². The van der Waals surface area contributed by atoms with Crippen molar-refractivity contribution in [3.8, 4) is 5.75 Å². The first-order chi connectivity index (χ1) is 9.61. The van der Waals surface area contributed by atoms with E-state index in [4.69, 9.17) is 4.74 Å². The molecule has 0 spiro atoms. The Balaban J connectivity index is 2.04. The van der Waals surface area contributed by atoms with E-state index in [9.17, 15) is 0 Å². The van der Waals surface area contributed by atoms with Crippen LogP contribution in [0.15, 0.2) is 51.4 Å². The lowest BCUT2D eigenvalue weighted by atomic mass is 10.1. The Labute approximate surface area is 136 Å². The highest BCUT2D eigenvalue weighted by Crippen LogP contribution is 2.34. The standard InChI is InChI=1S/C16H17Br2NO/c1-11(13-6-4-3-5-7-13)19-10-12-8-14(17)16(20-2)15(18)9-12/h3-9,11,19H,10H2,1-2H3/t11-/m0/s1. The molecule has 0 aliphatic carbocycles. The van der Waals surface area contributed by atoms with Crippen molar-refractivity contribution in [1.29, 1.82) is 0 Å². The normalized spacial score (nSPS) is 12.2. The third-order valence-corrected chi connectivity index (χ3v) is 4.35. The summed E-state index contributed by atoms with van der Waals surface area (Å²) in [6.07, 6.45) is 0. The van der Waals surface area contributed by atoms with Gasteiger partial charge in [0.05, 0.1) is 16.1 Å². The molecule has 0 fully saturated rings. The minimum Gasteiger partial charge on any atom is -0.494 e. The molecule has 0 radical (unpaired) electrons. The summed E-state index contributed by atoms with van der Waals surface area (Å²) >= 11 is 7.05. The SMILES string of the molecule is COc1c(Br)cc(CN[C@@H](C)c2ccccc2)cc1Br. The molecule has 106 valence electrons. The quantitative estimate of drug-likeness (QED) is 0.758. The number of hydrogen-bond donors (Lipinski definition) is 1. The average Bonchev–Trinajstić information content (AvgIpc) is 2.45. The van der Waals surface area contributed by atoms with E-state index >= 15 is 0 Å². The van der Waals surface area contributed by atoms with E-state index in [1.807, 2.05) is 6.07 Å². The fraction of sp³-hybridized carbons (Fsp3) is 0.250. The number of halogens is 2. The Bertz CT molecular complexity index is 549. The van der Waals surface area contributed by atoms with Crippen molar-refractivity contribution in [2.45, 2.75) is 19.5 Å². The van der Waals surface area contributed by atoms with Crippen LogP contribution < -0.4 is 10.1 Å². The maximum Gasteiger partial charge on any atom is 0.147 e. The summed E-state index contributed by atoms with van der Waals surface area (Å²) in [6, 6.07) is 14.9. The van der Waals surface area contributed by atoms with E-state index in [2.05, 4.69) is 80.5 Å². The first-order valence-corrected chi connectivity index (χ1v) is 8.00. The molecular weight excluding hydrogens is 382 g/mol. The third kappa shape index (κ3) is 3.84. The summed E-state index contributed by atoms with van der Waals surface area (Å²) < 4.78 is 7.23. The van der Waals surface area contributed by atoms with Crippen molar-refractivity contribution < 1.29 is 4.74 Å². The molecular formula is C16H17Br2NO. The maximum atomic E-state index is 5.31. The van der Waals surface area contributed by atoms with Gasteiger partial charge in [-0.25, -0.2) is 0 Å². The lowest BCUT2D eigenvalue weighted by Crippen LogP contribution is -2.18. The van der Waals surface area contributed by atoms with Gasteiger partial charge in [0.1, 0.15) is 5.75 Å². The average molecular weight is 399 g/mol. The van der Waals surface area contributed by atoms with Crippen LogP contribution in [0, 0.1) is 0 Å². The highest BCUT2D eigenvalue weighted by atomic mass is 79.9. The second-order valence-electron chi connectivity index (χ2n) is 4.61. The lowest BCUT2D eigenvalue weighted by Gasteiger charge is -2.15. The smallest absolute Gasteiger partial charge is 0.147 e. The summed E-state index contributed by atoms with van der Waals surface area (Å²) in [6.45, 7) is 2.97. The zero-order valence-electron chi connectivity index (χ0n) is 11.5. The first-order valence-electron chi connectivity index (χ1n) is 6.42. The maximum absolute atomic E-state index is 5.31. The molecule has 0 aromatic heterocycles. The number of ether oxygens (including phenoxy) is 1. The Morgan fingerprint density at radius 3 is 2.25 bits per heavy atom. The van der Waals surface area contributed by atoms with Gasteiger partial charge < -0.3 is 10.1 Å². The zero-order valence-corrected chi connectivity index (χ0v) is 14.7. The minimum absolute atomic E-state index is 0.316. The van der Waals surface area contributed by atoms with Gasteiger partial charge in [0.25, 0.3) is 0 Å². The van der Waals surface area contributed by atoms with E-state index in [0.29, 0.717) is 6.04 Å². The molecule has 2 aromatic rings. The molecule has 0 bridgehead atoms. The Hall–Kier alpha value is -0.840. The van der Waals surface area contributed by atoms with Crippen LogP contribution in [0.5, 0.6) is 5.75 Å². The molecule has 0 heterocycles. The fourth-order valence-electron chi connectivity index (χ4n) is 2.04. The van der Waals surface area contributed by atoms with Gasteiger partial charge >= 0.3 is 0 Å². The fourth-order valence-corrected chi connectivity index (χ4v) is 3.64. The number of rotatable bonds is 5. The molecule has 0 unspecified atom stereocenters. The molecule has 0 aliphatic rings. The summed E-state index contributed by atoms with van der Waals surface area (Å²) in [4.78, 5) is 0. The van der Waals surface area contributed by atoms with Gasteiger partial charge in [0.2, 0.25) is 0 Å². The Morgan fingerprint density at radius 1 is 1.10 bits per heavy atom. The van der Waals surface area contributed by atoms with Crippen molar-refractivity contribution in [3.05, 3.63) is 62.5 Å². The van der Waals surface area contributed by atoms with Crippen LogP contribution in [0.3, 0.4) is 0 Å². The van der Waals surface area contributed by atoms with Gasteiger partial charge in [-0.05, 0) is 62.0 Å². The van der Waals surface area contributed by atoms with E-state index < -0.39 is 0 Å². The topological polar surface area (TPSA) is 21.3 Å². The molecule has 2 rings (SSSR count). The van der Waals surface area contributed by atoms with E-state index in [1.54, 1.807) is 7.11 Å². The summed E-state index contributed by atoms with van der Waals surface area (Å²) in [5.41, 5.74) is 2.49. The Kier molecular flexibility index (Phi) is 5.64. The van der Waals surface area contributed by atoms with Gasteiger partial charge in [-0.3, -0.25) is 0 Å². The zero-order chi connectivity index (χ0) is 14.5. The van der Waals surface area contributed by atoms with Crippen LogP contribution in [0.1, 0.15) is 24.1 Å². The molecule has 4 heteroatoms. The van der Waals surface area contributed by atoms with Gasteiger partial charge in [-0.15, -0.1) is 0 Å². The van der Waals surface area contributed by atoms with Crippen molar-refractivity contribution in [3.63, 3.8) is 0 Å². The predicted molar refractivity (Wildman–Crippen MR) is 90.1 cm³/mol. The molecule has 0 aliphatic heterocycles. The van der Waals surface area contributed by atoms with E-state index in [1.165, 1.54) is 11.1 Å². The summed E-state index contributed by atoms with van der Waals surface area (Å²) in [7, 11) is 1.67. The highest BCUT2D eigenvalue weighted by Gasteiger charge is 2.09. The summed E-state index contributed by atoms with van der Waals surface area (Å²) in [5.74, 6) is 0.824. The van der Waals surface area contributed by atoms with Crippen molar-refractivity contribution in [1.82, 2.24) is 5.32 Å². The second kappa shape index (κ2) is 7.25. The van der Waals surface area contributed by atoms with Crippen LogP contribution >= 0.6 is 31.9 Å². The van der Waals surface area contributed by atoms with E-state index in [0.717, 1.165) is 21.2 Å². The largest absolute Gasteiger partial charge is 0.494 e. The molecule has 2 aromatic carbocycles. The molecule has 1 N–H and O–H groups in total. The molecule has 1 atom stereocenters. The molecule has 0 saturated heterocycles. The van der Waals surface area contributed by atoms with Gasteiger partial charge in [-0.1, -0.05) is 30.3 Å². The second-order valence-corrected chi connectivity index (χ2v) is 6.31. The van der Waals surface area contributed by atoms with Crippen molar-refractivity contribution in [2.24, 2.45) is 0 Å². The van der Waals surface area contributed by atoms with Crippen molar-refractivity contribution in [2.75, 3.05) is 7.11 Å². The van der Waals surface area contributed by atoms with Crippen LogP contribution in [0.2, 0.25) is 0 Å². The molecule has 0 saturated carbocycles. The first kappa shape index (κ1) is 15.5. The van der Waals surface area contributed by atoms with Crippen LogP contribution in [-0.4, -0.2) is 7.11 Å². The summed E-state index contributed by atoms with van der Waals surface area (Å²) in [5, 5.41) is 3.52. The van der Waals surface area contributed by atoms with Crippen LogP contribution in [0.4, 0.5) is 0 Å². The molecule has 20 heavy (non-hydrogen) atoms. The van der Waals surface area contributed by atoms with Gasteiger partial charge in [0.15, 0.2) is 0 Å². The van der Waals surface area contributed by atoms with Crippen molar-refractivity contribution >= 4 is 31.9 Å². The highest BCUT2D eigenvalue weighted by molar-refractivity contribution is 9.11. The van der Waals surface area contributed by atoms with Crippen LogP contribution in [0.25, 0.3) is 0 Å².